The standard InChI is InChI=1S/C15H16BrN5/c1-2-7-17-14-12-8-20-21(15(12)19-10-18-14)9-11-5-3-4-6-13(11)16/h3-6,8,10H,2,7,9H2,1H3,(H,17,18,19). The third kappa shape index (κ3) is 2.90. The van der Waals surface area contributed by atoms with E-state index in [1.807, 2.05) is 29.1 Å². The Morgan fingerprint density at radius 2 is 2.10 bits per heavy atom. The number of halogens is 1. The molecule has 0 unspecified atom stereocenters. The molecule has 0 bridgehead atoms. The number of fused-ring (bicyclic) bond motifs is 1. The first-order chi connectivity index (χ1) is 10.3. The van der Waals surface area contributed by atoms with Crippen LogP contribution in [0.25, 0.3) is 11.0 Å². The highest BCUT2D eigenvalue weighted by Crippen LogP contribution is 2.21. The Morgan fingerprint density at radius 3 is 2.90 bits per heavy atom. The van der Waals surface area contributed by atoms with E-state index in [9.17, 15) is 0 Å². The van der Waals surface area contributed by atoms with Gasteiger partial charge in [-0.3, -0.25) is 0 Å². The van der Waals surface area contributed by atoms with Gasteiger partial charge in [0.2, 0.25) is 0 Å². The van der Waals surface area contributed by atoms with E-state index >= 15 is 0 Å². The Hall–Kier alpha value is -1.95. The minimum absolute atomic E-state index is 0.676. The van der Waals surface area contributed by atoms with Gasteiger partial charge in [0, 0.05) is 11.0 Å². The number of anilines is 1. The maximum absolute atomic E-state index is 4.45. The van der Waals surface area contributed by atoms with E-state index in [4.69, 9.17) is 0 Å². The van der Waals surface area contributed by atoms with Crippen molar-refractivity contribution in [3.05, 3.63) is 46.8 Å². The van der Waals surface area contributed by atoms with Gasteiger partial charge >= 0.3 is 0 Å². The highest BCUT2D eigenvalue weighted by atomic mass is 79.9. The maximum Gasteiger partial charge on any atom is 0.163 e. The van der Waals surface area contributed by atoms with Crippen molar-refractivity contribution >= 4 is 32.8 Å². The van der Waals surface area contributed by atoms with Gasteiger partial charge < -0.3 is 5.32 Å². The normalized spacial score (nSPS) is 11.0. The van der Waals surface area contributed by atoms with Crippen LogP contribution in [0.5, 0.6) is 0 Å². The Morgan fingerprint density at radius 1 is 1.24 bits per heavy atom. The predicted molar refractivity (Wildman–Crippen MR) is 87.3 cm³/mol. The number of hydrogen-bond donors (Lipinski definition) is 1. The highest BCUT2D eigenvalue weighted by Gasteiger charge is 2.10. The summed E-state index contributed by atoms with van der Waals surface area (Å²) in [4.78, 5) is 8.67. The fraction of sp³-hybridized carbons (Fsp3) is 0.267. The molecule has 108 valence electrons. The summed E-state index contributed by atoms with van der Waals surface area (Å²) in [7, 11) is 0. The molecular weight excluding hydrogens is 330 g/mol. The first kappa shape index (κ1) is 14.0. The van der Waals surface area contributed by atoms with Crippen molar-refractivity contribution in [2.45, 2.75) is 19.9 Å². The smallest absolute Gasteiger partial charge is 0.163 e. The largest absolute Gasteiger partial charge is 0.369 e. The lowest BCUT2D eigenvalue weighted by atomic mass is 10.2. The first-order valence-electron chi connectivity index (χ1n) is 6.93. The van der Waals surface area contributed by atoms with Gasteiger partial charge in [-0.2, -0.15) is 5.10 Å². The lowest BCUT2D eigenvalue weighted by Crippen LogP contribution is -2.05. The summed E-state index contributed by atoms with van der Waals surface area (Å²) in [5.41, 5.74) is 2.02. The van der Waals surface area contributed by atoms with Crippen LogP contribution in [-0.2, 0) is 6.54 Å². The summed E-state index contributed by atoms with van der Waals surface area (Å²) in [5.74, 6) is 0.847. The third-order valence-electron chi connectivity index (χ3n) is 3.25. The van der Waals surface area contributed by atoms with Crippen LogP contribution in [0.1, 0.15) is 18.9 Å². The van der Waals surface area contributed by atoms with Crippen LogP contribution in [0.2, 0.25) is 0 Å². The summed E-state index contributed by atoms with van der Waals surface area (Å²) in [5, 5.41) is 8.72. The molecule has 1 aromatic carbocycles. The fourth-order valence-corrected chi connectivity index (χ4v) is 2.59. The van der Waals surface area contributed by atoms with Gasteiger partial charge in [-0.25, -0.2) is 14.6 Å². The highest BCUT2D eigenvalue weighted by molar-refractivity contribution is 9.10. The monoisotopic (exact) mass is 345 g/mol. The molecule has 0 saturated heterocycles. The molecule has 0 radical (unpaired) electrons. The molecule has 2 heterocycles. The van der Waals surface area contributed by atoms with Crippen molar-refractivity contribution in [1.82, 2.24) is 19.7 Å². The van der Waals surface area contributed by atoms with Crippen molar-refractivity contribution in [2.75, 3.05) is 11.9 Å². The molecule has 0 fully saturated rings. The fourth-order valence-electron chi connectivity index (χ4n) is 2.18. The molecule has 5 nitrogen and oxygen atoms in total. The second kappa shape index (κ2) is 6.22. The van der Waals surface area contributed by atoms with Gasteiger partial charge in [-0.15, -0.1) is 0 Å². The molecule has 0 aliphatic rings. The van der Waals surface area contributed by atoms with Crippen LogP contribution < -0.4 is 5.32 Å². The molecule has 0 spiro atoms. The zero-order chi connectivity index (χ0) is 14.7. The molecule has 2 aromatic heterocycles. The number of rotatable bonds is 5. The van der Waals surface area contributed by atoms with Crippen LogP contribution in [-0.4, -0.2) is 26.3 Å². The predicted octanol–water partition coefficient (Wildman–Crippen LogP) is 3.46. The van der Waals surface area contributed by atoms with Gasteiger partial charge in [0.15, 0.2) is 5.65 Å². The second-order valence-electron chi connectivity index (χ2n) is 4.78. The number of nitrogens with one attached hydrogen (secondary N) is 1. The van der Waals surface area contributed by atoms with Crippen LogP contribution in [0.15, 0.2) is 41.3 Å². The van der Waals surface area contributed by atoms with E-state index in [-0.39, 0.29) is 0 Å². The van der Waals surface area contributed by atoms with Gasteiger partial charge in [0.25, 0.3) is 0 Å². The minimum Gasteiger partial charge on any atom is -0.369 e. The van der Waals surface area contributed by atoms with Crippen molar-refractivity contribution < 1.29 is 0 Å². The van der Waals surface area contributed by atoms with Crippen molar-refractivity contribution in [2.24, 2.45) is 0 Å². The summed E-state index contributed by atoms with van der Waals surface area (Å²) < 4.78 is 2.97. The maximum atomic E-state index is 4.45. The van der Waals surface area contributed by atoms with Crippen LogP contribution >= 0.6 is 15.9 Å². The molecular formula is C15H16BrN5. The van der Waals surface area contributed by atoms with Crippen molar-refractivity contribution in [3.8, 4) is 0 Å². The average Bonchev–Trinajstić information content (AvgIpc) is 2.91. The molecule has 1 N–H and O–H groups in total. The number of nitrogens with zero attached hydrogens (tertiary/aromatic N) is 4. The Balaban J connectivity index is 1.95. The Kier molecular flexibility index (Phi) is 4.15. The third-order valence-corrected chi connectivity index (χ3v) is 4.03. The van der Waals surface area contributed by atoms with Crippen molar-refractivity contribution in [3.63, 3.8) is 0 Å². The van der Waals surface area contributed by atoms with E-state index in [0.717, 1.165) is 34.3 Å². The van der Waals surface area contributed by atoms with E-state index < -0.39 is 0 Å². The number of hydrogen-bond acceptors (Lipinski definition) is 4. The lowest BCUT2D eigenvalue weighted by molar-refractivity contribution is 0.701. The summed E-state index contributed by atoms with van der Waals surface area (Å²) >= 11 is 3.57. The van der Waals surface area contributed by atoms with Crippen LogP contribution in [0.3, 0.4) is 0 Å². The molecule has 21 heavy (non-hydrogen) atoms. The zero-order valence-corrected chi connectivity index (χ0v) is 13.3. The summed E-state index contributed by atoms with van der Waals surface area (Å²) in [6.07, 6.45) is 4.46. The first-order valence-corrected chi connectivity index (χ1v) is 7.72. The topological polar surface area (TPSA) is 55.6 Å². The van der Waals surface area contributed by atoms with Gasteiger partial charge in [0.05, 0.1) is 18.1 Å². The molecule has 0 saturated carbocycles. The molecule has 0 aliphatic heterocycles. The van der Waals surface area contributed by atoms with E-state index in [1.54, 1.807) is 6.33 Å². The van der Waals surface area contributed by atoms with Crippen LogP contribution in [0.4, 0.5) is 5.82 Å². The number of benzene rings is 1. The summed E-state index contributed by atoms with van der Waals surface area (Å²) in [6.45, 7) is 3.69. The molecule has 3 aromatic rings. The minimum atomic E-state index is 0.676. The molecule has 0 amide bonds. The van der Waals surface area contributed by atoms with E-state index in [2.05, 4.69) is 49.3 Å². The Bertz CT molecular complexity index is 753. The van der Waals surface area contributed by atoms with Gasteiger partial charge in [0.1, 0.15) is 12.1 Å². The van der Waals surface area contributed by atoms with Gasteiger partial charge in [-0.1, -0.05) is 41.1 Å². The average molecular weight is 346 g/mol. The SMILES string of the molecule is CCCNc1ncnc2c1cnn2Cc1ccccc1Br. The molecule has 0 atom stereocenters. The van der Waals surface area contributed by atoms with Crippen molar-refractivity contribution in [1.29, 1.82) is 0 Å². The van der Waals surface area contributed by atoms with E-state index in [1.165, 1.54) is 5.56 Å². The van der Waals surface area contributed by atoms with E-state index in [0.29, 0.717) is 6.54 Å². The molecule has 6 heteroatoms. The quantitative estimate of drug-likeness (QED) is 0.769. The number of aromatic nitrogens is 4. The Labute approximate surface area is 131 Å². The molecule has 3 rings (SSSR count). The summed E-state index contributed by atoms with van der Waals surface area (Å²) in [6, 6.07) is 8.14. The zero-order valence-electron chi connectivity index (χ0n) is 11.8. The van der Waals surface area contributed by atoms with Crippen LogP contribution in [0, 0.1) is 0 Å². The lowest BCUT2D eigenvalue weighted by Gasteiger charge is -2.07. The second-order valence-corrected chi connectivity index (χ2v) is 5.63. The van der Waals surface area contributed by atoms with Gasteiger partial charge in [-0.05, 0) is 18.1 Å². The molecule has 0 aliphatic carbocycles.